The van der Waals surface area contributed by atoms with Crippen molar-refractivity contribution in [3.63, 3.8) is 0 Å². The lowest BCUT2D eigenvalue weighted by atomic mass is 9.82. The SMILES string of the molecule is CC(=O)N1C2=CC=C(C3=C(c4ccc(O[C@H]5CCN(CCCF)C5)cc4)c4ccc(O)cc4SC3)CC2CC1(C)C. The molecule has 0 saturated carbocycles. The number of phenols is 1. The number of thioether (sulfide) groups is 1. The lowest BCUT2D eigenvalue weighted by Gasteiger charge is -2.32. The summed E-state index contributed by atoms with van der Waals surface area (Å²) in [5.41, 5.74) is 7.05. The number of halogens is 1. The molecule has 1 N–H and O–H groups in total. The zero-order chi connectivity index (χ0) is 28.7. The van der Waals surface area contributed by atoms with Crippen molar-refractivity contribution in [1.82, 2.24) is 9.80 Å². The molecule has 1 aliphatic carbocycles. The molecule has 7 heteroatoms. The number of carbonyl (C=O) groups is 1. The number of amides is 1. The number of allylic oxidation sites excluding steroid dienone is 4. The van der Waals surface area contributed by atoms with E-state index < -0.39 is 0 Å². The van der Waals surface area contributed by atoms with E-state index in [2.05, 4.69) is 55.2 Å². The van der Waals surface area contributed by atoms with E-state index in [9.17, 15) is 14.3 Å². The molecule has 2 saturated heterocycles. The van der Waals surface area contributed by atoms with E-state index in [1.807, 2.05) is 17.0 Å². The number of hydrogen-bond acceptors (Lipinski definition) is 5. The summed E-state index contributed by atoms with van der Waals surface area (Å²) in [5, 5.41) is 10.2. The highest BCUT2D eigenvalue weighted by atomic mass is 32.2. The van der Waals surface area contributed by atoms with Crippen LogP contribution in [-0.4, -0.2) is 64.5 Å². The van der Waals surface area contributed by atoms with Crippen LogP contribution in [0, 0.1) is 5.92 Å². The Balaban J connectivity index is 1.31. The average Bonchev–Trinajstić information content (AvgIpc) is 3.50. The van der Waals surface area contributed by atoms with Gasteiger partial charge in [-0.05, 0) is 104 Å². The smallest absolute Gasteiger partial charge is 0.224 e. The first-order chi connectivity index (χ1) is 19.7. The standard InChI is InChI=1S/C34H39FN2O3S/c1-22(38)37-31-12-7-24(17-25(31)19-34(37,2)3)30-21-41-32-18-26(39)8-11-29(32)33(30)23-5-9-27(10-6-23)40-28-13-16-36(20-28)15-4-14-35/h5-12,18,25,28,39H,4,13-17,19-21H2,1-3H3/t25?,28-/m0/s1. The zero-order valence-corrected chi connectivity index (χ0v) is 25.0. The molecule has 2 aromatic rings. The van der Waals surface area contributed by atoms with Crippen LogP contribution >= 0.6 is 11.8 Å². The molecule has 1 amide bonds. The number of ether oxygens (including phenoxy) is 1. The fourth-order valence-corrected chi connectivity index (χ4v) is 8.31. The summed E-state index contributed by atoms with van der Waals surface area (Å²) in [4.78, 5) is 17.8. The Labute approximate surface area is 246 Å². The third-order valence-corrected chi connectivity index (χ3v) is 9.92. The lowest BCUT2D eigenvalue weighted by Crippen LogP contribution is -2.40. The lowest BCUT2D eigenvalue weighted by molar-refractivity contribution is -0.130. The van der Waals surface area contributed by atoms with Crippen molar-refractivity contribution in [1.29, 1.82) is 0 Å². The first-order valence-corrected chi connectivity index (χ1v) is 15.7. The van der Waals surface area contributed by atoms with Gasteiger partial charge in [-0.15, -0.1) is 11.8 Å². The molecule has 41 heavy (non-hydrogen) atoms. The van der Waals surface area contributed by atoms with Crippen molar-refractivity contribution in [3.8, 4) is 11.5 Å². The highest BCUT2D eigenvalue weighted by Crippen LogP contribution is 2.50. The maximum absolute atomic E-state index is 12.6. The van der Waals surface area contributed by atoms with Crippen LogP contribution in [0.2, 0.25) is 0 Å². The fourth-order valence-electron chi connectivity index (χ4n) is 7.15. The van der Waals surface area contributed by atoms with Crippen molar-refractivity contribution in [2.24, 2.45) is 5.92 Å². The third-order valence-electron chi connectivity index (χ3n) is 8.84. The second-order valence-electron chi connectivity index (χ2n) is 12.3. The second kappa shape index (κ2) is 11.3. The number of rotatable bonds is 7. The molecule has 1 unspecified atom stereocenters. The quantitative estimate of drug-likeness (QED) is 0.387. The summed E-state index contributed by atoms with van der Waals surface area (Å²) >= 11 is 1.77. The molecular weight excluding hydrogens is 535 g/mol. The molecule has 3 heterocycles. The van der Waals surface area contributed by atoms with Crippen LogP contribution in [0.5, 0.6) is 11.5 Å². The summed E-state index contributed by atoms with van der Waals surface area (Å²) in [5.74, 6) is 2.38. The highest BCUT2D eigenvalue weighted by Gasteiger charge is 2.45. The van der Waals surface area contributed by atoms with E-state index in [-0.39, 0.29) is 30.0 Å². The largest absolute Gasteiger partial charge is 0.508 e. The van der Waals surface area contributed by atoms with Crippen molar-refractivity contribution in [3.05, 3.63) is 82.6 Å². The maximum atomic E-state index is 12.6. The minimum Gasteiger partial charge on any atom is -0.508 e. The van der Waals surface area contributed by atoms with Crippen LogP contribution in [0.15, 0.2) is 76.4 Å². The Bertz CT molecular complexity index is 1430. The Morgan fingerprint density at radius 1 is 1.17 bits per heavy atom. The van der Waals surface area contributed by atoms with Crippen molar-refractivity contribution in [2.75, 3.05) is 32.1 Å². The van der Waals surface area contributed by atoms with E-state index in [1.54, 1.807) is 24.8 Å². The van der Waals surface area contributed by atoms with Gasteiger partial charge in [0.15, 0.2) is 0 Å². The van der Waals surface area contributed by atoms with Crippen molar-refractivity contribution >= 4 is 23.2 Å². The van der Waals surface area contributed by atoms with Gasteiger partial charge in [0.25, 0.3) is 0 Å². The molecule has 2 aromatic carbocycles. The predicted octanol–water partition coefficient (Wildman–Crippen LogP) is 6.97. The van der Waals surface area contributed by atoms with E-state index in [1.165, 1.54) is 16.7 Å². The van der Waals surface area contributed by atoms with Gasteiger partial charge in [0, 0.05) is 54.4 Å². The minimum absolute atomic E-state index is 0.106. The molecule has 6 rings (SSSR count). The Kier molecular flexibility index (Phi) is 7.77. The number of benzene rings is 2. The number of alkyl halides is 1. The number of aromatic hydroxyl groups is 1. The molecule has 0 aromatic heterocycles. The average molecular weight is 575 g/mol. The molecule has 2 atom stereocenters. The van der Waals surface area contributed by atoms with Gasteiger partial charge in [-0.1, -0.05) is 18.2 Å². The molecule has 0 bridgehead atoms. The predicted molar refractivity (Wildman–Crippen MR) is 163 cm³/mol. The van der Waals surface area contributed by atoms with Gasteiger partial charge in [0.1, 0.15) is 17.6 Å². The Hall–Kier alpha value is -3.03. The summed E-state index contributed by atoms with van der Waals surface area (Å²) in [6, 6.07) is 14.1. The molecule has 5 nitrogen and oxygen atoms in total. The van der Waals surface area contributed by atoms with Gasteiger partial charge in [-0.3, -0.25) is 14.1 Å². The summed E-state index contributed by atoms with van der Waals surface area (Å²) in [6.07, 6.45) is 7.91. The monoisotopic (exact) mass is 574 g/mol. The van der Waals surface area contributed by atoms with Gasteiger partial charge in [0.2, 0.25) is 5.91 Å². The molecule has 216 valence electrons. The highest BCUT2D eigenvalue weighted by molar-refractivity contribution is 7.99. The number of carbonyl (C=O) groups excluding carboxylic acids is 1. The molecule has 4 aliphatic rings. The van der Waals surface area contributed by atoms with Crippen LogP contribution in [0.3, 0.4) is 0 Å². The van der Waals surface area contributed by atoms with Crippen LogP contribution in [0.4, 0.5) is 4.39 Å². The van der Waals surface area contributed by atoms with Gasteiger partial charge in [-0.25, -0.2) is 0 Å². The van der Waals surface area contributed by atoms with E-state index in [0.717, 1.165) is 72.1 Å². The third kappa shape index (κ3) is 5.59. The molecular formula is C34H39FN2O3S. The summed E-state index contributed by atoms with van der Waals surface area (Å²) in [6.45, 7) is 8.30. The van der Waals surface area contributed by atoms with E-state index in [4.69, 9.17) is 4.74 Å². The maximum Gasteiger partial charge on any atom is 0.224 e. The molecule has 0 radical (unpaired) electrons. The number of likely N-dealkylation sites (tertiary alicyclic amines) is 2. The van der Waals surface area contributed by atoms with Gasteiger partial charge in [-0.2, -0.15) is 0 Å². The molecule has 2 fully saturated rings. The van der Waals surface area contributed by atoms with Crippen LogP contribution in [-0.2, 0) is 4.79 Å². The minimum atomic E-state index is -0.271. The van der Waals surface area contributed by atoms with Crippen LogP contribution in [0.25, 0.3) is 5.57 Å². The van der Waals surface area contributed by atoms with Gasteiger partial charge >= 0.3 is 0 Å². The second-order valence-corrected chi connectivity index (χ2v) is 13.3. The van der Waals surface area contributed by atoms with Crippen molar-refractivity contribution in [2.45, 2.75) is 63.0 Å². The van der Waals surface area contributed by atoms with Crippen molar-refractivity contribution < 1.29 is 19.0 Å². The van der Waals surface area contributed by atoms with E-state index in [0.29, 0.717) is 12.3 Å². The summed E-state index contributed by atoms with van der Waals surface area (Å²) in [7, 11) is 0. The first-order valence-electron chi connectivity index (χ1n) is 14.7. The number of fused-ring (bicyclic) bond motifs is 2. The molecule has 3 aliphatic heterocycles. The van der Waals surface area contributed by atoms with Crippen LogP contribution < -0.4 is 4.74 Å². The Morgan fingerprint density at radius 2 is 1.98 bits per heavy atom. The van der Waals surface area contributed by atoms with Crippen LogP contribution in [0.1, 0.15) is 57.6 Å². The Morgan fingerprint density at radius 3 is 2.73 bits per heavy atom. The number of hydrogen-bond donors (Lipinski definition) is 1. The van der Waals surface area contributed by atoms with E-state index >= 15 is 0 Å². The molecule has 0 spiro atoms. The summed E-state index contributed by atoms with van der Waals surface area (Å²) < 4.78 is 18.9. The zero-order valence-electron chi connectivity index (χ0n) is 24.2. The number of nitrogens with zero attached hydrogens (tertiary/aromatic N) is 2. The first kappa shape index (κ1) is 28.1. The normalized spacial score (nSPS) is 23.7. The fraction of sp³-hybridized carbons (Fsp3) is 0.441. The van der Waals surface area contributed by atoms with Gasteiger partial charge < -0.3 is 14.7 Å². The number of phenolic OH excluding ortho intramolecular Hbond substituents is 1. The van der Waals surface area contributed by atoms with Gasteiger partial charge in [0.05, 0.1) is 6.67 Å². The topological polar surface area (TPSA) is 53.0 Å².